The molecule has 5 heteroatoms. The fourth-order valence-electron chi connectivity index (χ4n) is 1.61. The van der Waals surface area contributed by atoms with Gasteiger partial charge in [-0.15, -0.1) is 0 Å². The van der Waals surface area contributed by atoms with Crippen LogP contribution in [-0.2, 0) is 6.54 Å². The summed E-state index contributed by atoms with van der Waals surface area (Å²) in [6.45, 7) is 3.09. The predicted octanol–water partition coefficient (Wildman–Crippen LogP) is 2.14. The van der Waals surface area contributed by atoms with Crippen molar-refractivity contribution >= 4 is 0 Å². The van der Waals surface area contributed by atoms with Gasteiger partial charge >= 0.3 is 0 Å². The van der Waals surface area contributed by atoms with Gasteiger partial charge in [0.25, 0.3) is 0 Å². The van der Waals surface area contributed by atoms with Gasteiger partial charge in [-0.1, -0.05) is 0 Å². The molecule has 0 saturated carbocycles. The van der Waals surface area contributed by atoms with Crippen LogP contribution in [0.1, 0.15) is 12.5 Å². The lowest BCUT2D eigenvalue weighted by atomic mass is 10.2. The molecule has 17 heavy (non-hydrogen) atoms. The van der Waals surface area contributed by atoms with E-state index >= 15 is 0 Å². The quantitative estimate of drug-likeness (QED) is 0.801. The Morgan fingerprint density at radius 2 is 1.71 bits per heavy atom. The molecule has 0 aliphatic carbocycles. The first-order valence-corrected chi connectivity index (χ1v) is 5.41. The fraction of sp³-hybridized carbons (Fsp3) is 0.500. The maximum atomic E-state index is 12.9. The Labute approximate surface area is 99.4 Å². The lowest BCUT2D eigenvalue weighted by molar-refractivity contribution is 0.348. The average Bonchev–Trinajstić information content (AvgIpc) is 2.22. The van der Waals surface area contributed by atoms with E-state index in [0.29, 0.717) is 12.1 Å². The Balaban J connectivity index is 2.58. The summed E-state index contributed by atoms with van der Waals surface area (Å²) in [5.74, 6) is -3.72. The van der Waals surface area contributed by atoms with Gasteiger partial charge in [0.2, 0.25) is 0 Å². The zero-order valence-electron chi connectivity index (χ0n) is 10.2. The zero-order valence-corrected chi connectivity index (χ0v) is 10.2. The number of hydrogen-bond acceptors (Lipinski definition) is 2. The molecule has 0 fully saturated rings. The third-order valence-electron chi connectivity index (χ3n) is 2.34. The van der Waals surface area contributed by atoms with Crippen LogP contribution in [0.3, 0.4) is 0 Å². The van der Waals surface area contributed by atoms with Crippen LogP contribution in [0, 0.1) is 17.5 Å². The zero-order chi connectivity index (χ0) is 13.0. The SMILES string of the molecule is CC(CN(C)C)NCc1cc(F)c(F)c(F)c1. The molecule has 0 aliphatic rings. The monoisotopic (exact) mass is 246 g/mol. The van der Waals surface area contributed by atoms with E-state index in [2.05, 4.69) is 5.32 Å². The van der Waals surface area contributed by atoms with Crippen LogP contribution >= 0.6 is 0 Å². The smallest absolute Gasteiger partial charge is 0.194 e. The van der Waals surface area contributed by atoms with Crippen molar-refractivity contribution in [2.75, 3.05) is 20.6 Å². The van der Waals surface area contributed by atoms with Crippen LogP contribution in [0.4, 0.5) is 13.2 Å². The van der Waals surface area contributed by atoms with Crippen LogP contribution in [0.2, 0.25) is 0 Å². The number of likely N-dealkylation sites (N-methyl/N-ethyl adjacent to an activating group) is 1. The third-order valence-corrected chi connectivity index (χ3v) is 2.34. The molecule has 1 unspecified atom stereocenters. The van der Waals surface area contributed by atoms with Gasteiger partial charge in [-0.05, 0) is 38.7 Å². The maximum absolute atomic E-state index is 12.9. The largest absolute Gasteiger partial charge is 0.309 e. The molecule has 1 atom stereocenters. The highest BCUT2D eigenvalue weighted by molar-refractivity contribution is 5.19. The van der Waals surface area contributed by atoms with Crippen molar-refractivity contribution in [3.05, 3.63) is 35.1 Å². The highest BCUT2D eigenvalue weighted by Gasteiger charge is 2.11. The molecule has 0 aliphatic heterocycles. The van der Waals surface area contributed by atoms with Gasteiger partial charge < -0.3 is 10.2 Å². The molecule has 1 rings (SSSR count). The molecule has 96 valence electrons. The third kappa shape index (κ3) is 4.36. The Kier molecular flexibility index (Phi) is 4.96. The summed E-state index contributed by atoms with van der Waals surface area (Å²) in [5.41, 5.74) is 0.395. The van der Waals surface area contributed by atoms with Crippen LogP contribution in [0.5, 0.6) is 0 Å². The summed E-state index contributed by atoms with van der Waals surface area (Å²) in [6, 6.07) is 2.20. The van der Waals surface area contributed by atoms with Gasteiger partial charge in [-0.2, -0.15) is 0 Å². The molecule has 1 aromatic carbocycles. The minimum Gasteiger partial charge on any atom is -0.309 e. The second-order valence-electron chi connectivity index (χ2n) is 4.42. The lowest BCUT2D eigenvalue weighted by Crippen LogP contribution is -2.35. The lowest BCUT2D eigenvalue weighted by Gasteiger charge is -2.18. The van der Waals surface area contributed by atoms with Crippen LogP contribution in [0.15, 0.2) is 12.1 Å². The summed E-state index contributed by atoms with van der Waals surface area (Å²) in [6.07, 6.45) is 0. The minimum absolute atomic E-state index is 0.182. The Morgan fingerprint density at radius 3 is 2.18 bits per heavy atom. The second kappa shape index (κ2) is 6.02. The summed E-state index contributed by atoms with van der Waals surface area (Å²) < 4.78 is 38.6. The van der Waals surface area contributed by atoms with Gasteiger partial charge in [0.15, 0.2) is 17.5 Å². The molecule has 2 nitrogen and oxygen atoms in total. The van der Waals surface area contributed by atoms with Crippen LogP contribution in [-0.4, -0.2) is 31.6 Å². The number of halogens is 3. The topological polar surface area (TPSA) is 15.3 Å². The van der Waals surface area contributed by atoms with Crippen LogP contribution in [0.25, 0.3) is 0 Å². The Hall–Kier alpha value is -1.07. The summed E-state index contributed by atoms with van der Waals surface area (Å²) in [7, 11) is 3.88. The first kappa shape index (κ1) is 14.0. The van der Waals surface area contributed by atoms with Crippen molar-refractivity contribution < 1.29 is 13.2 Å². The molecular formula is C12H17F3N2. The van der Waals surface area contributed by atoms with Crippen molar-refractivity contribution in [3.8, 4) is 0 Å². The van der Waals surface area contributed by atoms with E-state index in [0.717, 1.165) is 18.7 Å². The van der Waals surface area contributed by atoms with Crippen molar-refractivity contribution in [2.24, 2.45) is 0 Å². The van der Waals surface area contributed by atoms with E-state index in [4.69, 9.17) is 0 Å². The van der Waals surface area contributed by atoms with Crippen molar-refractivity contribution in [3.63, 3.8) is 0 Å². The van der Waals surface area contributed by atoms with E-state index in [-0.39, 0.29) is 6.04 Å². The minimum atomic E-state index is -1.42. The first-order valence-electron chi connectivity index (χ1n) is 5.41. The normalized spacial score (nSPS) is 13.1. The molecule has 0 spiro atoms. The van der Waals surface area contributed by atoms with Gasteiger partial charge in [0.05, 0.1) is 0 Å². The molecular weight excluding hydrogens is 229 g/mol. The second-order valence-corrected chi connectivity index (χ2v) is 4.42. The standard InChI is InChI=1S/C12H17F3N2/c1-8(7-17(2)3)16-6-9-4-10(13)12(15)11(14)5-9/h4-5,8,16H,6-7H2,1-3H3. The molecule has 0 heterocycles. The van der Waals surface area contributed by atoms with Crippen molar-refractivity contribution in [1.82, 2.24) is 10.2 Å². The molecule has 0 aromatic heterocycles. The van der Waals surface area contributed by atoms with E-state index in [1.165, 1.54) is 0 Å². The average molecular weight is 246 g/mol. The number of nitrogens with one attached hydrogen (secondary N) is 1. The highest BCUT2D eigenvalue weighted by Crippen LogP contribution is 2.13. The number of hydrogen-bond donors (Lipinski definition) is 1. The Morgan fingerprint density at radius 1 is 1.18 bits per heavy atom. The molecule has 1 N–H and O–H groups in total. The summed E-state index contributed by atoms with van der Waals surface area (Å²) in [4.78, 5) is 2.00. The van der Waals surface area contributed by atoms with Crippen molar-refractivity contribution in [2.45, 2.75) is 19.5 Å². The van der Waals surface area contributed by atoms with E-state index in [1.807, 2.05) is 25.9 Å². The maximum Gasteiger partial charge on any atom is 0.194 e. The van der Waals surface area contributed by atoms with Crippen molar-refractivity contribution in [1.29, 1.82) is 0 Å². The van der Waals surface area contributed by atoms with Gasteiger partial charge in [-0.3, -0.25) is 0 Å². The fourth-order valence-corrected chi connectivity index (χ4v) is 1.61. The van der Waals surface area contributed by atoms with E-state index in [9.17, 15) is 13.2 Å². The molecule has 1 aromatic rings. The molecule has 0 bridgehead atoms. The first-order chi connectivity index (χ1) is 7.90. The molecule has 0 saturated heterocycles. The number of benzene rings is 1. The van der Waals surface area contributed by atoms with Crippen LogP contribution < -0.4 is 5.32 Å². The van der Waals surface area contributed by atoms with E-state index in [1.54, 1.807) is 0 Å². The summed E-state index contributed by atoms with van der Waals surface area (Å²) in [5, 5.41) is 3.11. The predicted molar refractivity (Wildman–Crippen MR) is 61.2 cm³/mol. The van der Waals surface area contributed by atoms with Gasteiger partial charge in [-0.25, -0.2) is 13.2 Å². The van der Waals surface area contributed by atoms with Gasteiger partial charge in [0.1, 0.15) is 0 Å². The molecule has 0 amide bonds. The number of rotatable bonds is 5. The van der Waals surface area contributed by atoms with Gasteiger partial charge in [0, 0.05) is 19.1 Å². The Bertz CT molecular complexity index is 357. The molecule has 0 radical (unpaired) electrons. The summed E-state index contributed by atoms with van der Waals surface area (Å²) >= 11 is 0. The highest BCUT2D eigenvalue weighted by atomic mass is 19.2. The van der Waals surface area contributed by atoms with E-state index < -0.39 is 17.5 Å². The number of nitrogens with zero attached hydrogens (tertiary/aromatic N) is 1.